The summed E-state index contributed by atoms with van der Waals surface area (Å²) in [5, 5.41) is 15.8. The molecule has 1 unspecified atom stereocenters. The number of amides is 2. The maximum absolute atomic E-state index is 11.6. The lowest BCUT2D eigenvalue weighted by molar-refractivity contribution is -0.124. The van der Waals surface area contributed by atoms with Crippen molar-refractivity contribution in [2.45, 2.75) is 6.04 Å². The monoisotopic (exact) mass is 227 g/mol. The zero-order chi connectivity index (χ0) is 10.7. The molecule has 2 amide bonds. The van der Waals surface area contributed by atoms with Crippen LogP contribution in [-0.4, -0.2) is 41.1 Å². The van der Waals surface area contributed by atoms with Gasteiger partial charge in [-0.3, -0.25) is 20.2 Å². The Morgan fingerprint density at radius 2 is 2.53 bits per heavy atom. The molecule has 1 aromatic rings. The van der Waals surface area contributed by atoms with Gasteiger partial charge in [-0.2, -0.15) is 0 Å². The Labute approximate surface area is 89.3 Å². The Hall–Kier alpha value is -1.54. The van der Waals surface area contributed by atoms with Gasteiger partial charge in [-0.1, -0.05) is 11.3 Å². The maximum atomic E-state index is 11.6. The van der Waals surface area contributed by atoms with Gasteiger partial charge in [-0.25, -0.2) is 0 Å². The van der Waals surface area contributed by atoms with E-state index in [1.807, 2.05) is 0 Å². The Balaban J connectivity index is 1.89. The lowest BCUT2D eigenvalue weighted by atomic mass is 10.2. The number of carbonyl (C=O) groups is 2. The molecule has 1 aliphatic heterocycles. The molecular formula is C7H9N5O2S. The fourth-order valence-electron chi connectivity index (χ4n) is 1.17. The highest BCUT2D eigenvalue weighted by atomic mass is 32.1. The van der Waals surface area contributed by atoms with Crippen molar-refractivity contribution in [3.05, 3.63) is 5.51 Å². The summed E-state index contributed by atoms with van der Waals surface area (Å²) in [4.78, 5) is 22.4. The number of aromatic nitrogens is 2. The largest absolute Gasteiger partial charge is 0.353 e. The molecule has 8 heteroatoms. The fourth-order valence-corrected chi connectivity index (χ4v) is 1.62. The Kier molecular flexibility index (Phi) is 2.88. The molecule has 2 heterocycles. The normalized spacial score (nSPS) is 20.8. The van der Waals surface area contributed by atoms with Crippen LogP contribution < -0.4 is 16.0 Å². The minimum absolute atomic E-state index is 0.102. The molecule has 1 fully saturated rings. The summed E-state index contributed by atoms with van der Waals surface area (Å²) in [6.45, 7) is 0.456. The van der Waals surface area contributed by atoms with E-state index in [1.54, 1.807) is 0 Å². The van der Waals surface area contributed by atoms with Crippen LogP contribution in [0.2, 0.25) is 0 Å². The third-order valence-electron chi connectivity index (χ3n) is 1.92. The van der Waals surface area contributed by atoms with E-state index >= 15 is 0 Å². The van der Waals surface area contributed by atoms with E-state index in [4.69, 9.17) is 0 Å². The van der Waals surface area contributed by atoms with Crippen LogP contribution in [-0.2, 0) is 9.59 Å². The number of nitrogens with zero attached hydrogens (tertiary/aromatic N) is 2. The van der Waals surface area contributed by atoms with E-state index in [0.717, 1.165) is 0 Å². The lowest BCUT2D eigenvalue weighted by Gasteiger charge is -2.22. The minimum atomic E-state index is -0.411. The molecule has 1 aliphatic rings. The topological polar surface area (TPSA) is 96.0 Å². The average Bonchev–Trinajstić information content (AvgIpc) is 2.71. The van der Waals surface area contributed by atoms with Crippen molar-refractivity contribution < 1.29 is 9.59 Å². The van der Waals surface area contributed by atoms with Crippen molar-refractivity contribution in [1.29, 1.82) is 0 Å². The molecule has 0 aromatic carbocycles. The highest BCUT2D eigenvalue weighted by Crippen LogP contribution is 2.08. The highest BCUT2D eigenvalue weighted by molar-refractivity contribution is 7.13. The number of rotatable bonds is 2. The van der Waals surface area contributed by atoms with Gasteiger partial charge in [0.1, 0.15) is 11.6 Å². The Morgan fingerprint density at radius 1 is 1.67 bits per heavy atom. The molecule has 3 N–H and O–H groups in total. The van der Waals surface area contributed by atoms with Crippen molar-refractivity contribution >= 4 is 28.3 Å². The summed E-state index contributed by atoms with van der Waals surface area (Å²) in [5.74, 6) is -0.318. The summed E-state index contributed by atoms with van der Waals surface area (Å²) in [7, 11) is 0. The molecule has 0 aliphatic carbocycles. The third-order valence-corrected chi connectivity index (χ3v) is 2.53. The number of hydrogen-bond acceptors (Lipinski definition) is 6. The fraction of sp³-hybridized carbons (Fsp3) is 0.429. The van der Waals surface area contributed by atoms with Crippen LogP contribution in [0.4, 0.5) is 5.13 Å². The summed E-state index contributed by atoms with van der Waals surface area (Å²) in [6, 6.07) is -0.411. The maximum Gasteiger partial charge on any atom is 0.245 e. The lowest BCUT2D eigenvalue weighted by Crippen LogP contribution is -2.56. The number of hydrogen-bond donors (Lipinski definition) is 3. The van der Waals surface area contributed by atoms with E-state index in [9.17, 15) is 9.59 Å². The van der Waals surface area contributed by atoms with E-state index in [0.29, 0.717) is 11.7 Å². The predicted molar refractivity (Wildman–Crippen MR) is 53.3 cm³/mol. The SMILES string of the molecule is O=C1CNC(C(=O)Nc2nncs2)CN1. The standard InChI is InChI=1S/C7H9N5O2S/c13-5-2-8-4(1-9-5)6(14)11-7-12-10-3-15-7/h3-4,8H,1-2H2,(H,9,13)(H,11,12,14). The van der Waals surface area contributed by atoms with Crippen LogP contribution in [0.5, 0.6) is 0 Å². The molecule has 0 radical (unpaired) electrons. The first-order valence-electron chi connectivity index (χ1n) is 4.33. The summed E-state index contributed by atoms with van der Waals surface area (Å²) >= 11 is 1.25. The molecule has 1 saturated heterocycles. The molecule has 0 saturated carbocycles. The van der Waals surface area contributed by atoms with E-state index in [2.05, 4.69) is 26.1 Å². The summed E-state index contributed by atoms with van der Waals surface area (Å²) in [5.41, 5.74) is 1.53. The highest BCUT2D eigenvalue weighted by Gasteiger charge is 2.24. The van der Waals surface area contributed by atoms with Crippen LogP contribution in [0, 0.1) is 0 Å². The van der Waals surface area contributed by atoms with Crippen LogP contribution in [0.25, 0.3) is 0 Å². The van der Waals surface area contributed by atoms with Crippen LogP contribution >= 0.6 is 11.3 Å². The second kappa shape index (κ2) is 4.32. The summed E-state index contributed by atoms with van der Waals surface area (Å²) < 4.78 is 0. The first-order valence-corrected chi connectivity index (χ1v) is 5.21. The number of carbonyl (C=O) groups excluding carboxylic acids is 2. The van der Waals surface area contributed by atoms with Crippen molar-refractivity contribution in [2.75, 3.05) is 18.4 Å². The molecule has 1 atom stereocenters. The average molecular weight is 227 g/mol. The van der Waals surface area contributed by atoms with Crippen molar-refractivity contribution in [1.82, 2.24) is 20.8 Å². The van der Waals surface area contributed by atoms with Gasteiger partial charge < -0.3 is 5.32 Å². The smallest absolute Gasteiger partial charge is 0.245 e. The van der Waals surface area contributed by atoms with Crippen molar-refractivity contribution in [3.63, 3.8) is 0 Å². The molecule has 7 nitrogen and oxygen atoms in total. The molecular weight excluding hydrogens is 218 g/mol. The Bertz CT molecular complexity index is 355. The van der Waals surface area contributed by atoms with Crippen molar-refractivity contribution in [2.24, 2.45) is 0 Å². The quantitative estimate of drug-likeness (QED) is 0.575. The first-order chi connectivity index (χ1) is 7.25. The van der Waals surface area contributed by atoms with Gasteiger partial charge in [0.05, 0.1) is 6.54 Å². The van der Waals surface area contributed by atoms with Gasteiger partial charge in [0, 0.05) is 6.54 Å². The second-order valence-electron chi connectivity index (χ2n) is 2.97. The van der Waals surface area contributed by atoms with Gasteiger partial charge in [-0.15, -0.1) is 10.2 Å². The van der Waals surface area contributed by atoms with E-state index < -0.39 is 6.04 Å². The van der Waals surface area contributed by atoms with E-state index in [1.165, 1.54) is 16.8 Å². The van der Waals surface area contributed by atoms with Gasteiger partial charge >= 0.3 is 0 Å². The Morgan fingerprint density at radius 3 is 3.13 bits per heavy atom. The zero-order valence-electron chi connectivity index (χ0n) is 7.69. The molecule has 80 valence electrons. The molecule has 2 rings (SSSR count). The van der Waals surface area contributed by atoms with E-state index in [-0.39, 0.29) is 18.4 Å². The molecule has 1 aromatic heterocycles. The van der Waals surface area contributed by atoms with Crippen LogP contribution in [0.15, 0.2) is 5.51 Å². The molecule has 15 heavy (non-hydrogen) atoms. The van der Waals surface area contributed by atoms with Crippen molar-refractivity contribution in [3.8, 4) is 0 Å². The van der Waals surface area contributed by atoms with Crippen LogP contribution in [0.1, 0.15) is 0 Å². The summed E-state index contributed by atoms with van der Waals surface area (Å²) in [6.07, 6.45) is 0. The second-order valence-corrected chi connectivity index (χ2v) is 3.80. The molecule has 0 spiro atoms. The van der Waals surface area contributed by atoms with Crippen LogP contribution in [0.3, 0.4) is 0 Å². The van der Waals surface area contributed by atoms with Gasteiger partial charge in [0.15, 0.2) is 0 Å². The number of nitrogens with one attached hydrogen (secondary N) is 3. The number of anilines is 1. The molecule has 0 bridgehead atoms. The van der Waals surface area contributed by atoms with Gasteiger partial charge in [0.25, 0.3) is 0 Å². The van der Waals surface area contributed by atoms with Gasteiger partial charge in [-0.05, 0) is 0 Å². The van der Waals surface area contributed by atoms with Gasteiger partial charge in [0.2, 0.25) is 16.9 Å². The minimum Gasteiger partial charge on any atom is -0.353 e. The zero-order valence-corrected chi connectivity index (χ0v) is 8.50. The predicted octanol–water partition coefficient (Wildman–Crippen LogP) is -1.44. The first kappa shape index (κ1) is 9.99. The third kappa shape index (κ3) is 2.48. The number of piperazine rings is 1.